The minimum Gasteiger partial charge on any atom is -0.393 e. The van der Waals surface area contributed by atoms with E-state index in [1.807, 2.05) is 13.8 Å². The molecule has 2 atom stereocenters. The highest BCUT2D eigenvalue weighted by Gasteiger charge is 2.22. The van der Waals surface area contributed by atoms with E-state index in [4.69, 9.17) is 0 Å². The Kier molecular flexibility index (Phi) is 3.74. The molecular formula is C11H22O2. The summed E-state index contributed by atoms with van der Waals surface area (Å²) < 4.78 is 0. The Morgan fingerprint density at radius 2 is 2.00 bits per heavy atom. The molecule has 0 radical (unpaired) electrons. The van der Waals surface area contributed by atoms with Crippen LogP contribution in [0.2, 0.25) is 0 Å². The van der Waals surface area contributed by atoms with E-state index in [0.717, 1.165) is 32.1 Å². The fraction of sp³-hybridized carbons (Fsp3) is 1.00. The average molecular weight is 186 g/mol. The van der Waals surface area contributed by atoms with Crippen molar-refractivity contribution in [1.82, 2.24) is 0 Å². The summed E-state index contributed by atoms with van der Waals surface area (Å²) in [5, 5.41) is 19.0. The Balaban J connectivity index is 2.21. The van der Waals surface area contributed by atoms with E-state index in [0.29, 0.717) is 5.92 Å². The number of hydrogen-bond acceptors (Lipinski definition) is 2. The van der Waals surface area contributed by atoms with Crippen molar-refractivity contribution in [2.24, 2.45) is 5.92 Å². The van der Waals surface area contributed by atoms with Crippen LogP contribution < -0.4 is 0 Å². The van der Waals surface area contributed by atoms with Crippen LogP contribution in [0.5, 0.6) is 0 Å². The van der Waals surface area contributed by atoms with Gasteiger partial charge in [0.2, 0.25) is 0 Å². The van der Waals surface area contributed by atoms with Crippen LogP contribution in [0.1, 0.15) is 52.4 Å². The number of aliphatic hydroxyl groups is 2. The monoisotopic (exact) mass is 186 g/mol. The SMILES string of the molecule is CC(C)(O)CCC1CCCC(O)C1. The molecule has 0 aromatic carbocycles. The van der Waals surface area contributed by atoms with Gasteiger partial charge >= 0.3 is 0 Å². The molecule has 2 heteroatoms. The first-order valence-corrected chi connectivity index (χ1v) is 5.38. The molecular weight excluding hydrogens is 164 g/mol. The van der Waals surface area contributed by atoms with Crippen molar-refractivity contribution >= 4 is 0 Å². The highest BCUT2D eigenvalue weighted by Crippen LogP contribution is 2.29. The maximum Gasteiger partial charge on any atom is 0.0591 e. The zero-order valence-corrected chi connectivity index (χ0v) is 8.79. The van der Waals surface area contributed by atoms with Gasteiger partial charge in [0, 0.05) is 0 Å². The van der Waals surface area contributed by atoms with Crippen molar-refractivity contribution < 1.29 is 10.2 Å². The summed E-state index contributed by atoms with van der Waals surface area (Å²) in [6.45, 7) is 3.71. The quantitative estimate of drug-likeness (QED) is 0.708. The lowest BCUT2D eigenvalue weighted by Gasteiger charge is -2.28. The molecule has 13 heavy (non-hydrogen) atoms. The highest BCUT2D eigenvalue weighted by atomic mass is 16.3. The fourth-order valence-electron chi connectivity index (χ4n) is 2.08. The van der Waals surface area contributed by atoms with Gasteiger partial charge in [0.15, 0.2) is 0 Å². The average Bonchev–Trinajstić information content (AvgIpc) is 2.00. The Morgan fingerprint density at radius 1 is 1.31 bits per heavy atom. The van der Waals surface area contributed by atoms with E-state index in [9.17, 15) is 10.2 Å². The van der Waals surface area contributed by atoms with E-state index >= 15 is 0 Å². The summed E-state index contributed by atoms with van der Waals surface area (Å²) in [6.07, 6.45) is 6.12. The number of hydrogen-bond donors (Lipinski definition) is 2. The van der Waals surface area contributed by atoms with Gasteiger partial charge in [0.1, 0.15) is 0 Å². The van der Waals surface area contributed by atoms with Gasteiger partial charge in [-0.15, -0.1) is 0 Å². The third kappa shape index (κ3) is 4.63. The zero-order valence-electron chi connectivity index (χ0n) is 8.79. The Hall–Kier alpha value is -0.0800. The van der Waals surface area contributed by atoms with Crippen LogP contribution in [0.4, 0.5) is 0 Å². The lowest BCUT2D eigenvalue weighted by atomic mass is 9.82. The van der Waals surface area contributed by atoms with Crippen LogP contribution in [0, 0.1) is 5.92 Å². The van der Waals surface area contributed by atoms with Crippen LogP contribution in [0.15, 0.2) is 0 Å². The molecule has 1 fully saturated rings. The first kappa shape index (κ1) is 11.0. The fourth-order valence-corrected chi connectivity index (χ4v) is 2.08. The van der Waals surface area contributed by atoms with Crippen molar-refractivity contribution in [2.45, 2.75) is 64.1 Å². The Bertz CT molecular complexity index is 149. The van der Waals surface area contributed by atoms with Crippen LogP contribution in [-0.4, -0.2) is 21.9 Å². The van der Waals surface area contributed by atoms with Gasteiger partial charge in [0.25, 0.3) is 0 Å². The van der Waals surface area contributed by atoms with E-state index < -0.39 is 5.60 Å². The summed E-state index contributed by atoms with van der Waals surface area (Å²) >= 11 is 0. The van der Waals surface area contributed by atoms with Gasteiger partial charge in [-0.05, 0) is 45.4 Å². The molecule has 1 rings (SSSR count). The first-order valence-electron chi connectivity index (χ1n) is 5.38. The minimum atomic E-state index is -0.539. The summed E-state index contributed by atoms with van der Waals surface area (Å²) in [5.74, 6) is 0.634. The van der Waals surface area contributed by atoms with E-state index in [2.05, 4.69) is 0 Å². The van der Waals surface area contributed by atoms with Crippen molar-refractivity contribution in [1.29, 1.82) is 0 Å². The van der Waals surface area contributed by atoms with Crippen LogP contribution >= 0.6 is 0 Å². The molecule has 0 bridgehead atoms. The Labute approximate surface area is 81.0 Å². The standard InChI is InChI=1S/C11H22O2/c1-11(2,13)7-6-9-4-3-5-10(12)8-9/h9-10,12-13H,3-8H2,1-2H3. The largest absolute Gasteiger partial charge is 0.393 e. The van der Waals surface area contributed by atoms with Crippen LogP contribution in [0.3, 0.4) is 0 Å². The molecule has 1 aliphatic rings. The third-order valence-electron chi connectivity index (χ3n) is 2.92. The molecule has 2 unspecified atom stereocenters. The molecule has 0 aromatic heterocycles. The van der Waals surface area contributed by atoms with E-state index in [1.165, 1.54) is 6.42 Å². The molecule has 0 amide bonds. The van der Waals surface area contributed by atoms with Gasteiger partial charge < -0.3 is 10.2 Å². The number of aliphatic hydroxyl groups excluding tert-OH is 1. The Morgan fingerprint density at radius 3 is 2.54 bits per heavy atom. The van der Waals surface area contributed by atoms with Crippen LogP contribution in [-0.2, 0) is 0 Å². The predicted molar refractivity (Wildman–Crippen MR) is 53.5 cm³/mol. The van der Waals surface area contributed by atoms with E-state index in [1.54, 1.807) is 0 Å². The van der Waals surface area contributed by atoms with Crippen molar-refractivity contribution in [3.05, 3.63) is 0 Å². The molecule has 0 heterocycles. The lowest BCUT2D eigenvalue weighted by molar-refractivity contribution is 0.0492. The minimum absolute atomic E-state index is 0.0828. The molecule has 1 saturated carbocycles. The normalized spacial score (nSPS) is 30.5. The summed E-state index contributed by atoms with van der Waals surface area (Å²) in [7, 11) is 0. The second-order valence-electron chi connectivity index (χ2n) is 5.04. The summed E-state index contributed by atoms with van der Waals surface area (Å²) in [4.78, 5) is 0. The van der Waals surface area contributed by atoms with Crippen molar-refractivity contribution in [3.63, 3.8) is 0 Å². The van der Waals surface area contributed by atoms with Crippen molar-refractivity contribution in [2.75, 3.05) is 0 Å². The summed E-state index contributed by atoms with van der Waals surface area (Å²) in [6, 6.07) is 0. The topological polar surface area (TPSA) is 40.5 Å². The highest BCUT2D eigenvalue weighted by molar-refractivity contribution is 4.75. The maximum absolute atomic E-state index is 9.55. The van der Waals surface area contributed by atoms with Gasteiger partial charge in [0.05, 0.1) is 11.7 Å². The third-order valence-corrected chi connectivity index (χ3v) is 2.92. The van der Waals surface area contributed by atoms with Gasteiger partial charge in [-0.1, -0.05) is 12.8 Å². The lowest BCUT2D eigenvalue weighted by Crippen LogP contribution is -2.24. The molecule has 0 aliphatic heterocycles. The number of rotatable bonds is 3. The maximum atomic E-state index is 9.55. The first-order chi connectivity index (χ1) is 5.97. The molecule has 78 valence electrons. The second-order valence-corrected chi connectivity index (χ2v) is 5.04. The molecule has 1 aliphatic carbocycles. The van der Waals surface area contributed by atoms with Crippen molar-refractivity contribution in [3.8, 4) is 0 Å². The van der Waals surface area contributed by atoms with Gasteiger partial charge in [-0.25, -0.2) is 0 Å². The predicted octanol–water partition coefficient (Wildman–Crippen LogP) is 2.09. The zero-order chi connectivity index (χ0) is 9.90. The van der Waals surface area contributed by atoms with E-state index in [-0.39, 0.29) is 6.10 Å². The smallest absolute Gasteiger partial charge is 0.0591 e. The van der Waals surface area contributed by atoms with Gasteiger partial charge in [-0.3, -0.25) is 0 Å². The molecule has 0 aromatic rings. The molecule has 2 nitrogen and oxygen atoms in total. The molecule has 0 spiro atoms. The molecule has 2 N–H and O–H groups in total. The second kappa shape index (κ2) is 4.43. The van der Waals surface area contributed by atoms with Gasteiger partial charge in [-0.2, -0.15) is 0 Å². The summed E-state index contributed by atoms with van der Waals surface area (Å²) in [5.41, 5.74) is -0.539. The molecule has 0 saturated heterocycles. The van der Waals surface area contributed by atoms with Crippen LogP contribution in [0.25, 0.3) is 0 Å².